The minimum absolute atomic E-state index is 0.0765. The van der Waals surface area contributed by atoms with Crippen LogP contribution in [0.5, 0.6) is 0 Å². The van der Waals surface area contributed by atoms with Crippen molar-refractivity contribution in [2.45, 2.75) is 25.4 Å². The number of benzene rings is 2. The zero-order chi connectivity index (χ0) is 18.9. The summed E-state index contributed by atoms with van der Waals surface area (Å²) in [4.78, 5) is 16.3. The van der Waals surface area contributed by atoms with Crippen molar-refractivity contribution in [3.8, 4) is 0 Å². The monoisotopic (exact) mass is 359 g/mol. The maximum absolute atomic E-state index is 12.3. The number of carbonyl (C=O) groups is 1. The molecule has 0 saturated heterocycles. The molecule has 138 valence electrons. The molecule has 4 heteroatoms. The summed E-state index contributed by atoms with van der Waals surface area (Å²) in [7, 11) is 0. The van der Waals surface area contributed by atoms with Crippen molar-refractivity contribution in [3.63, 3.8) is 0 Å². The van der Waals surface area contributed by atoms with Gasteiger partial charge in [-0.05, 0) is 29.7 Å². The van der Waals surface area contributed by atoms with Crippen LogP contribution in [0, 0.1) is 0 Å². The van der Waals surface area contributed by atoms with Crippen LogP contribution in [0.3, 0.4) is 0 Å². The fourth-order valence-electron chi connectivity index (χ4n) is 3.05. The maximum Gasteiger partial charge on any atom is 0.252 e. The lowest BCUT2D eigenvalue weighted by atomic mass is 9.97. The van der Waals surface area contributed by atoms with Crippen LogP contribution < -0.4 is 10.6 Å². The number of hydrogen-bond donors (Lipinski definition) is 2. The van der Waals surface area contributed by atoms with E-state index in [0.717, 1.165) is 6.42 Å². The third kappa shape index (κ3) is 5.25. The molecule has 0 saturated carbocycles. The fraction of sp³-hybridized carbons (Fsp3) is 0.217. The second-order valence-corrected chi connectivity index (χ2v) is 6.48. The Morgan fingerprint density at radius 2 is 1.56 bits per heavy atom. The summed E-state index contributed by atoms with van der Waals surface area (Å²) in [5, 5.41) is 6.73. The quantitative estimate of drug-likeness (QED) is 0.640. The fourth-order valence-corrected chi connectivity index (χ4v) is 3.05. The van der Waals surface area contributed by atoms with Gasteiger partial charge in [0.05, 0.1) is 11.6 Å². The van der Waals surface area contributed by atoms with Crippen LogP contribution >= 0.6 is 0 Å². The molecule has 1 unspecified atom stereocenters. The van der Waals surface area contributed by atoms with Crippen LogP contribution in [0.1, 0.15) is 40.9 Å². The molecule has 0 spiro atoms. The van der Waals surface area contributed by atoms with Gasteiger partial charge in [0.15, 0.2) is 0 Å². The van der Waals surface area contributed by atoms with E-state index in [2.05, 4.69) is 71.1 Å². The van der Waals surface area contributed by atoms with Gasteiger partial charge in [-0.15, -0.1) is 0 Å². The second-order valence-electron chi connectivity index (χ2n) is 6.48. The molecule has 0 bridgehead atoms. The van der Waals surface area contributed by atoms with Crippen molar-refractivity contribution >= 4 is 5.91 Å². The molecule has 3 rings (SSSR count). The Kier molecular flexibility index (Phi) is 6.72. The molecule has 0 aliphatic carbocycles. The standard InChI is InChI=1S/C23H25N3O/c1-2-21(17-25-23(27)20-14-9-15-24-16-20)26-22(18-10-5-3-6-11-18)19-12-7-4-8-13-19/h3-16,21-22,26H,2,17H2,1H3,(H,25,27). The van der Waals surface area contributed by atoms with Gasteiger partial charge in [-0.3, -0.25) is 9.78 Å². The highest BCUT2D eigenvalue weighted by Gasteiger charge is 2.18. The van der Waals surface area contributed by atoms with Gasteiger partial charge in [-0.1, -0.05) is 67.6 Å². The molecular weight excluding hydrogens is 334 g/mol. The van der Waals surface area contributed by atoms with Gasteiger partial charge < -0.3 is 10.6 Å². The lowest BCUT2D eigenvalue weighted by Gasteiger charge is -2.26. The first kappa shape index (κ1) is 18.8. The molecular formula is C23H25N3O. The van der Waals surface area contributed by atoms with Crippen molar-refractivity contribution in [1.29, 1.82) is 0 Å². The number of pyridine rings is 1. The minimum Gasteiger partial charge on any atom is -0.350 e. The molecule has 2 aromatic carbocycles. The SMILES string of the molecule is CCC(CNC(=O)c1cccnc1)NC(c1ccccc1)c1ccccc1. The number of carbonyl (C=O) groups excluding carboxylic acids is 1. The third-order valence-electron chi connectivity index (χ3n) is 4.59. The van der Waals surface area contributed by atoms with Gasteiger partial charge in [0.1, 0.15) is 0 Å². The molecule has 2 N–H and O–H groups in total. The molecule has 27 heavy (non-hydrogen) atoms. The summed E-state index contributed by atoms with van der Waals surface area (Å²) in [6.45, 7) is 2.68. The number of amides is 1. The molecule has 1 aromatic heterocycles. The minimum atomic E-state index is -0.0978. The van der Waals surface area contributed by atoms with E-state index >= 15 is 0 Å². The molecule has 0 radical (unpaired) electrons. The number of nitrogens with zero attached hydrogens (tertiary/aromatic N) is 1. The summed E-state index contributed by atoms with van der Waals surface area (Å²) >= 11 is 0. The Hall–Kier alpha value is -2.98. The Morgan fingerprint density at radius 1 is 0.926 bits per heavy atom. The Bertz CT molecular complexity index is 783. The van der Waals surface area contributed by atoms with Crippen molar-refractivity contribution < 1.29 is 4.79 Å². The molecule has 0 aliphatic rings. The number of nitrogens with one attached hydrogen (secondary N) is 2. The molecule has 1 atom stereocenters. The van der Waals surface area contributed by atoms with Gasteiger partial charge in [-0.2, -0.15) is 0 Å². The highest BCUT2D eigenvalue weighted by Crippen LogP contribution is 2.22. The maximum atomic E-state index is 12.3. The molecule has 0 fully saturated rings. The van der Waals surface area contributed by atoms with E-state index in [1.165, 1.54) is 11.1 Å². The van der Waals surface area contributed by atoms with Crippen molar-refractivity contribution in [3.05, 3.63) is 102 Å². The summed E-state index contributed by atoms with van der Waals surface area (Å²) in [5.41, 5.74) is 3.00. The lowest BCUT2D eigenvalue weighted by molar-refractivity contribution is 0.0948. The summed E-state index contributed by atoms with van der Waals surface area (Å²) < 4.78 is 0. The zero-order valence-corrected chi connectivity index (χ0v) is 15.5. The number of rotatable bonds is 8. The molecule has 1 heterocycles. The predicted molar refractivity (Wildman–Crippen MR) is 109 cm³/mol. The highest BCUT2D eigenvalue weighted by molar-refractivity contribution is 5.93. The van der Waals surface area contributed by atoms with Crippen LogP contribution in [0.4, 0.5) is 0 Å². The third-order valence-corrected chi connectivity index (χ3v) is 4.59. The van der Waals surface area contributed by atoms with Gasteiger partial charge in [0.25, 0.3) is 5.91 Å². The van der Waals surface area contributed by atoms with E-state index in [4.69, 9.17) is 0 Å². The van der Waals surface area contributed by atoms with E-state index in [-0.39, 0.29) is 18.0 Å². The van der Waals surface area contributed by atoms with Gasteiger partial charge in [0, 0.05) is 25.0 Å². The molecule has 4 nitrogen and oxygen atoms in total. The highest BCUT2D eigenvalue weighted by atomic mass is 16.1. The van der Waals surface area contributed by atoms with E-state index in [0.29, 0.717) is 12.1 Å². The topological polar surface area (TPSA) is 54.0 Å². The zero-order valence-electron chi connectivity index (χ0n) is 15.5. The summed E-state index contributed by atoms with van der Waals surface area (Å²) in [6, 6.07) is 24.6. The number of hydrogen-bond acceptors (Lipinski definition) is 3. The normalized spacial score (nSPS) is 11.9. The summed E-state index contributed by atoms with van der Waals surface area (Å²) in [6.07, 6.45) is 4.15. The average molecular weight is 359 g/mol. The van der Waals surface area contributed by atoms with Crippen LogP contribution in [0.25, 0.3) is 0 Å². The Balaban J connectivity index is 1.70. The first-order valence-corrected chi connectivity index (χ1v) is 9.32. The van der Waals surface area contributed by atoms with Crippen LogP contribution in [-0.2, 0) is 0 Å². The van der Waals surface area contributed by atoms with Crippen LogP contribution in [0.15, 0.2) is 85.2 Å². The van der Waals surface area contributed by atoms with E-state index in [1.807, 2.05) is 12.1 Å². The second kappa shape index (κ2) is 9.64. The van der Waals surface area contributed by atoms with Gasteiger partial charge in [-0.25, -0.2) is 0 Å². The number of aromatic nitrogens is 1. The van der Waals surface area contributed by atoms with E-state index in [1.54, 1.807) is 24.5 Å². The Labute approximate surface area is 160 Å². The average Bonchev–Trinajstić information content (AvgIpc) is 2.75. The smallest absolute Gasteiger partial charge is 0.252 e. The lowest BCUT2D eigenvalue weighted by Crippen LogP contribution is -2.42. The van der Waals surface area contributed by atoms with Gasteiger partial charge in [0.2, 0.25) is 0 Å². The van der Waals surface area contributed by atoms with Crippen molar-refractivity contribution in [2.24, 2.45) is 0 Å². The Morgan fingerprint density at radius 3 is 2.07 bits per heavy atom. The largest absolute Gasteiger partial charge is 0.350 e. The summed E-state index contributed by atoms with van der Waals surface area (Å²) in [5.74, 6) is -0.0978. The molecule has 1 amide bonds. The van der Waals surface area contributed by atoms with Crippen molar-refractivity contribution in [1.82, 2.24) is 15.6 Å². The van der Waals surface area contributed by atoms with Crippen LogP contribution in [0.2, 0.25) is 0 Å². The first-order valence-electron chi connectivity index (χ1n) is 9.32. The molecule has 0 aliphatic heterocycles. The van der Waals surface area contributed by atoms with E-state index < -0.39 is 0 Å². The first-order chi connectivity index (χ1) is 13.3. The predicted octanol–water partition coefficient (Wildman–Crippen LogP) is 3.97. The van der Waals surface area contributed by atoms with E-state index in [9.17, 15) is 4.79 Å². The van der Waals surface area contributed by atoms with Crippen LogP contribution in [-0.4, -0.2) is 23.5 Å². The van der Waals surface area contributed by atoms with Gasteiger partial charge >= 0.3 is 0 Å². The molecule has 3 aromatic rings. The van der Waals surface area contributed by atoms with Crippen molar-refractivity contribution in [2.75, 3.05) is 6.54 Å².